The van der Waals surface area contributed by atoms with Gasteiger partial charge in [-0.05, 0) is 62.6 Å². The van der Waals surface area contributed by atoms with Crippen LogP contribution in [0.4, 0.5) is 0 Å². The number of hydrogen-bond acceptors (Lipinski definition) is 2. The fourth-order valence-corrected chi connectivity index (χ4v) is 3.68. The van der Waals surface area contributed by atoms with Crippen LogP contribution in [0.2, 0.25) is 5.02 Å². The number of aryl methyl sites for hydroxylation is 2. The molecule has 0 spiro atoms. The van der Waals surface area contributed by atoms with Gasteiger partial charge in [0.2, 0.25) is 0 Å². The van der Waals surface area contributed by atoms with Crippen molar-refractivity contribution in [2.24, 2.45) is 0 Å². The number of benzene rings is 1. The number of halogens is 1. The van der Waals surface area contributed by atoms with Crippen molar-refractivity contribution >= 4 is 22.9 Å². The fourth-order valence-electron chi connectivity index (χ4n) is 2.44. The minimum Gasteiger partial charge on any atom is -0.309 e. The SMILES string of the molecule is CCCNC(Cc1ccc(Cl)cc1)c1sc(C)cc1C. The molecule has 20 heavy (non-hydrogen) atoms. The van der Waals surface area contributed by atoms with Crippen LogP contribution >= 0.6 is 22.9 Å². The first-order valence-corrected chi connectivity index (χ1v) is 8.34. The summed E-state index contributed by atoms with van der Waals surface area (Å²) >= 11 is 7.87. The van der Waals surface area contributed by atoms with Crippen molar-refractivity contribution < 1.29 is 0 Å². The van der Waals surface area contributed by atoms with Crippen LogP contribution in [-0.2, 0) is 6.42 Å². The first-order chi connectivity index (χ1) is 9.60. The van der Waals surface area contributed by atoms with Gasteiger partial charge in [0.05, 0.1) is 0 Å². The van der Waals surface area contributed by atoms with Crippen LogP contribution < -0.4 is 5.32 Å². The maximum Gasteiger partial charge on any atom is 0.0458 e. The van der Waals surface area contributed by atoms with Gasteiger partial charge in [0.15, 0.2) is 0 Å². The highest BCUT2D eigenvalue weighted by atomic mass is 35.5. The van der Waals surface area contributed by atoms with E-state index in [0.29, 0.717) is 6.04 Å². The largest absolute Gasteiger partial charge is 0.309 e. The molecule has 2 rings (SSSR count). The molecule has 0 radical (unpaired) electrons. The minimum absolute atomic E-state index is 0.398. The lowest BCUT2D eigenvalue weighted by Crippen LogP contribution is -2.23. The minimum atomic E-state index is 0.398. The number of hydrogen-bond donors (Lipinski definition) is 1. The molecule has 3 heteroatoms. The lowest BCUT2D eigenvalue weighted by atomic mass is 10.0. The second-order valence-electron chi connectivity index (χ2n) is 5.24. The zero-order valence-corrected chi connectivity index (χ0v) is 13.9. The first kappa shape index (κ1) is 15.6. The Morgan fingerprint density at radius 2 is 1.90 bits per heavy atom. The quantitative estimate of drug-likeness (QED) is 0.763. The van der Waals surface area contributed by atoms with E-state index in [9.17, 15) is 0 Å². The molecular weight excluding hydrogens is 286 g/mol. The van der Waals surface area contributed by atoms with Gasteiger partial charge in [0.1, 0.15) is 0 Å². The van der Waals surface area contributed by atoms with Crippen LogP contribution in [0.25, 0.3) is 0 Å². The Kier molecular flexibility index (Phi) is 5.64. The molecule has 0 bridgehead atoms. The molecule has 1 N–H and O–H groups in total. The molecule has 0 aliphatic carbocycles. The second kappa shape index (κ2) is 7.26. The number of rotatable bonds is 6. The van der Waals surface area contributed by atoms with E-state index in [0.717, 1.165) is 24.4 Å². The van der Waals surface area contributed by atoms with Crippen molar-refractivity contribution in [1.29, 1.82) is 0 Å². The molecule has 108 valence electrons. The highest BCUT2D eigenvalue weighted by molar-refractivity contribution is 7.12. The van der Waals surface area contributed by atoms with Gasteiger partial charge in [-0.25, -0.2) is 0 Å². The second-order valence-corrected chi connectivity index (χ2v) is 6.97. The number of thiophene rings is 1. The van der Waals surface area contributed by atoms with Crippen molar-refractivity contribution in [3.63, 3.8) is 0 Å². The Balaban J connectivity index is 2.19. The topological polar surface area (TPSA) is 12.0 Å². The summed E-state index contributed by atoms with van der Waals surface area (Å²) in [6, 6.07) is 10.9. The zero-order chi connectivity index (χ0) is 14.5. The molecule has 1 unspecified atom stereocenters. The van der Waals surface area contributed by atoms with E-state index in [1.165, 1.54) is 20.9 Å². The molecule has 1 atom stereocenters. The third-order valence-corrected chi connectivity index (χ3v) is 4.91. The third-order valence-electron chi connectivity index (χ3n) is 3.39. The van der Waals surface area contributed by atoms with Crippen molar-refractivity contribution in [2.45, 2.75) is 39.7 Å². The smallest absolute Gasteiger partial charge is 0.0458 e. The van der Waals surface area contributed by atoms with Gasteiger partial charge in [0.25, 0.3) is 0 Å². The van der Waals surface area contributed by atoms with Gasteiger partial charge in [-0.2, -0.15) is 0 Å². The molecule has 1 aromatic heterocycles. The van der Waals surface area contributed by atoms with E-state index < -0.39 is 0 Å². The summed E-state index contributed by atoms with van der Waals surface area (Å²) in [4.78, 5) is 2.85. The standard InChI is InChI=1S/C17H22ClNS/c1-4-9-19-16(17-12(2)10-13(3)20-17)11-14-5-7-15(18)8-6-14/h5-8,10,16,19H,4,9,11H2,1-3H3. The highest BCUT2D eigenvalue weighted by Gasteiger charge is 2.16. The molecule has 0 saturated carbocycles. The summed E-state index contributed by atoms with van der Waals surface area (Å²) in [6.45, 7) is 7.65. The molecule has 1 nitrogen and oxygen atoms in total. The summed E-state index contributed by atoms with van der Waals surface area (Å²) in [5, 5.41) is 4.48. The maximum absolute atomic E-state index is 5.96. The molecule has 0 aliphatic rings. The van der Waals surface area contributed by atoms with Crippen molar-refractivity contribution in [3.8, 4) is 0 Å². The van der Waals surface area contributed by atoms with E-state index in [-0.39, 0.29) is 0 Å². The molecule has 0 saturated heterocycles. The Labute approximate surface area is 131 Å². The van der Waals surface area contributed by atoms with Crippen LogP contribution in [0.3, 0.4) is 0 Å². The van der Waals surface area contributed by atoms with Crippen molar-refractivity contribution in [2.75, 3.05) is 6.54 Å². The number of nitrogens with one attached hydrogen (secondary N) is 1. The molecule has 1 aromatic carbocycles. The lowest BCUT2D eigenvalue weighted by Gasteiger charge is -2.18. The van der Waals surface area contributed by atoms with Crippen LogP contribution in [0.15, 0.2) is 30.3 Å². The zero-order valence-electron chi connectivity index (χ0n) is 12.4. The predicted molar refractivity (Wildman–Crippen MR) is 90.0 cm³/mol. The Morgan fingerprint density at radius 3 is 2.45 bits per heavy atom. The van der Waals surface area contributed by atoms with Gasteiger partial charge in [-0.3, -0.25) is 0 Å². The summed E-state index contributed by atoms with van der Waals surface area (Å²) in [5.74, 6) is 0. The Bertz CT molecular complexity index is 545. The van der Waals surface area contributed by atoms with Gasteiger partial charge in [0, 0.05) is 20.8 Å². The average Bonchev–Trinajstić information content (AvgIpc) is 2.76. The van der Waals surface area contributed by atoms with Crippen LogP contribution in [0.5, 0.6) is 0 Å². The molecule has 2 aromatic rings. The van der Waals surface area contributed by atoms with E-state index in [1.54, 1.807) is 0 Å². The van der Waals surface area contributed by atoms with E-state index in [1.807, 2.05) is 23.5 Å². The van der Waals surface area contributed by atoms with Crippen LogP contribution in [0, 0.1) is 13.8 Å². The molecule has 1 heterocycles. The van der Waals surface area contributed by atoms with Crippen molar-refractivity contribution in [1.82, 2.24) is 5.32 Å². The summed E-state index contributed by atoms with van der Waals surface area (Å²) in [7, 11) is 0. The molecule has 0 amide bonds. The fraction of sp³-hybridized carbons (Fsp3) is 0.412. The Morgan fingerprint density at radius 1 is 1.20 bits per heavy atom. The molecule has 0 fully saturated rings. The molecule has 0 aliphatic heterocycles. The summed E-state index contributed by atoms with van der Waals surface area (Å²) < 4.78 is 0. The summed E-state index contributed by atoms with van der Waals surface area (Å²) in [6.07, 6.45) is 2.17. The van der Waals surface area contributed by atoms with Crippen LogP contribution in [-0.4, -0.2) is 6.54 Å². The van der Waals surface area contributed by atoms with Gasteiger partial charge >= 0.3 is 0 Å². The van der Waals surface area contributed by atoms with Gasteiger partial charge < -0.3 is 5.32 Å². The average molecular weight is 308 g/mol. The van der Waals surface area contributed by atoms with E-state index >= 15 is 0 Å². The van der Waals surface area contributed by atoms with E-state index in [2.05, 4.69) is 44.3 Å². The van der Waals surface area contributed by atoms with Crippen LogP contribution in [0.1, 0.15) is 40.3 Å². The monoisotopic (exact) mass is 307 g/mol. The maximum atomic E-state index is 5.96. The predicted octanol–water partition coefficient (Wildman–Crippen LogP) is 5.30. The highest BCUT2D eigenvalue weighted by Crippen LogP contribution is 2.30. The van der Waals surface area contributed by atoms with Crippen molar-refractivity contribution in [3.05, 3.63) is 56.2 Å². The van der Waals surface area contributed by atoms with Gasteiger partial charge in [-0.1, -0.05) is 30.7 Å². The molecular formula is C17H22ClNS. The lowest BCUT2D eigenvalue weighted by molar-refractivity contribution is 0.535. The summed E-state index contributed by atoms with van der Waals surface area (Å²) in [5.41, 5.74) is 2.73. The van der Waals surface area contributed by atoms with Gasteiger partial charge in [-0.15, -0.1) is 11.3 Å². The normalized spacial score (nSPS) is 12.6. The Hall–Kier alpha value is -0.830. The third kappa shape index (κ3) is 4.08. The first-order valence-electron chi connectivity index (χ1n) is 7.15. The van der Waals surface area contributed by atoms with E-state index in [4.69, 9.17) is 11.6 Å².